The summed E-state index contributed by atoms with van der Waals surface area (Å²) in [6.45, 7) is 1.90. The van der Waals surface area contributed by atoms with Crippen LogP contribution in [0.2, 0.25) is 0 Å². The lowest BCUT2D eigenvalue weighted by Gasteiger charge is -2.13. The van der Waals surface area contributed by atoms with Gasteiger partial charge in [0, 0.05) is 5.69 Å². The molecule has 0 aliphatic heterocycles. The minimum absolute atomic E-state index is 0.219. The quantitative estimate of drug-likeness (QED) is 0.837. The van der Waals surface area contributed by atoms with Gasteiger partial charge in [-0.15, -0.1) is 0 Å². The molecule has 3 nitrogen and oxygen atoms in total. The van der Waals surface area contributed by atoms with Crippen LogP contribution in [-0.4, -0.2) is 12.6 Å². The fourth-order valence-corrected chi connectivity index (χ4v) is 1.91. The van der Waals surface area contributed by atoms with E-state index >= 15 is 0 Å². The molecule has 2 rings (SSSR count). The van der Waals surface area contributed by atoms with Gasteiger partial charge in [0.25, 0.3) is 0 Å². The highest BCUT2D eigenvalue weighted by atomic mass is 19.4. The predicted octanol–water partition coefficient (Wildman–Crippen LogP) is 4.63. The number of carbonyl (C=O) groups excluding carboxylic acids is 1. The second-order valence-electron chi connectivity index (χ2n) is 4.47. The summed E-state index contributed by atoms with van der Waals surface area (Å²) in [7, 11) is 0. The Morgan fingerprint density at radius 3 is 2.55 bits per heavy atom. The molecule has 116 valence electrons. The fourth-order valence-electron chi connectivity index (χ4n) is 1.91. The first-order valence-electron chi connectivity index (χ1n) is 6.62. The fraction of sp³-hybridized carbons (Fsp3) is 0.188. The molecule has 2 aromatic rings. The molecule has 0 aliphatic rings. The molecule has 0 spiro atoms. The zero-order valence-electron chi connectivity index (χ0n) is 11.8. The molecule has 22 heavy (non-hydrogen) atoms. The molecular weight excluding hydrogens is 295 g/mol. The van der Waals surface area contributed by atoms with Gasteiger partial charge in [0.05, 0.1) is 23.4 Å². The number of alkyl halides is 3. The van der Waals surface area contributed by atoms with Crippen LogP contribution in [-0.2, 0) is 10.9 Å². The third-order valence-electron chi connectivity index (χ3n) is 2.89. The number of nitrogens with one attached hydrogen (secondary N) is 1. The van der Waals surface area contributed by atoms with Crippen molar-refractivity contribution in [2.24, 2.45) is 0 Å². The van der Waals surface area contributed by atoms with E-state index in [2.05, 4.69) is 5.32 Å². The van der Waals surface area contributed by atoms with Gasteiger partial charge in [-0.2, -0.15) is 13.2 Å². The molecule has 6 heteroatoms. The number of halogens is 3. The first kappa shape index (κ1) is 15.9. The largest absolute Gasteiger partial charge is 0.462 e. The van der Waals surface area contributed by atoms with Crippen molar-refractivity contribution in [3.05, 3.63) is 59.7 Å². The van der Waals surface area contributed by atoms with Gasteiger partial charge in [-0.3, -0.25) is 0 Å². The number of hydrogen-bond acceptors (Lipinski definition) is 3. The van der Waals surface area contributed by atoms with Crippen molar-refractivity contribution in [2.75, 3.05) is 11.9 Å². The van der Waals surface area contributed by atoms with Crippen molar-refractivity contribution in [2.45, 2.75) is 13.1 Å². The lowest BCUT2D eigenvalue weighted by molar-refractivity contribution is -0.137. The van der Waals surface area contributed by atoms with Crippen LogP contribution in [0.5, 0.6) is 0 Å². The van der Waals surface area contributed by atoms with Crippen LogP contribution in [0, 0.1) is 0 Å². The van der Waals surface area contributed by atoms with Gasteiger partial charge in [-0.25, -0.2) is 4.79 Å². The molecule has 0 saturated carbocycles. The Labute approximate surface area is 125 Å². The zero-order chi connectivity index (χ0) is 16.2. The van der Waals surface area contributed by atoms with Crippen molar-refractivity contribution >= 4 is 17.3 Å². The summed E-state index contributed by atoms with van der Waals surface area (Å²) in [5, 5.41) is 2.82. The summed E-state index contributed by atoms with van der Waals surface area (Å²) in [4.78, 5) is 11.8. The maximum absolute atomic E-state index is 12.7. The van der Waals surface area contributed by atoms with Gasteiger partial charge in [-0.1, -0.05) is 18.2 Å². The van der Waals surface area contributed by atoms with E-state index in [4.69, 9.17) is 4.74 Å². The maximum atomic E-state index is 12.7. The number of benzene rings is 2. The summed E-state index contributed by atoms with van der Waals surface area (Å²) < 4.78 is 43.1. The maximum Gasteiger partial charge on any atom is 0.416 e. The van der Waals surface area contributed by atoms with E-state index in [0.29, 0.717) is 5.69 Å². The molecule has 0 atom stereocenters. The number of ether oxygens (including phenoxy) is 1. The summed E-state index contributed by atoms with van der Waals surface area (Å²) in [5.41, 5.74) is 0.139. The van der Waals surface area contributed by atoms with E-state index in [1.807, 2.05) is 0 Å². The number of hydrogen-bond donors (Lipinski definition) is 1. The third kappa shape index (κ3) is 3.78. The van der Waals surface area contributed by atoms with Crippen LogP contribution in [0.1, 0.15) is 22.8 Å². The molecule has 0 amide bonds. The van der Waals surface area contributed by atoms with Gasteiger partial charge in [-0.05, 0) is 37.3 Å². The van der Waals surface area contributed by atoms with Crippen molar-refractivity contribution in [1.29, 1.82) is 0 Å². The molecule has 2 aromatic carbocycles. The van der Waals surface area contributed by atoms with E-state index in [9.17, 15) is 18.0 Å². The highest BCUT2D eigenvalue weighted by Gasteiger charge is 2.30. The summed E-state index contributed by atoms with van der Waals surface area (Å²) in [5.74, 6) is -0.530. The molecule has 1 N–H and O–H groups in total. The second kappa shape index (κ2) is 6.51. The minimum atomic E-state index is -4.42. The van der Waals surface area contributed by atoms with Gasteiger partial charge >= 0.3 is 12.1 Å². The molecule has 0 radical (unpaired) electrons. The van der Waals surface area contributed by atoms with E-state index < -0.39 is 17.7 Å². The number of para-hydroxylation sites is 1. The van der Waals surface area contributed by atoms with Crippen molar-refractivity contribution < 1.29 is 22.7 Å². The van der Waals surface area contributed by atoms with Crippen molar-refractivity contribution in [3.8, 4) is 0 Å². The molecule has 0 unspecified atom stereocenters. The standard InChI is InChI=1S/C16H14F3NO2/c1-2-22-15(21)13-8-3-4-9-14(13)20-12-7-5-6-11(10-12)16(17,18)19/h3-10,20H,2H2,1H3. The number of rotatable bonds is 4. The van der Waals surface area contributed by atoms with Gasteiger partial charge in [0.15, 0.2) is 0 Å². The second-order valence-corrected chi connectivity index (χ2v) is 4.47. The highest BCUT2D eigenvalue weighted by molar-refractivity contribution is 5.96. The van der Waals surface area contributed by atoms with Crippen LogP contribution in [0.4, 0.5) is 24.5 Å². The van der Waals surface area contributed by atoms with Crippen molar-refractivity contribution in [3.63, 3.8) is 0 Å². The molecule has 0 heterocycles. The Morgan fingerprint density at radius 1 is 1.14 bits per heavy atom. The Balaban J connectivity index is 2.30. The van der Waals surface area contributed by atoms with Crippen LogP contribution < -0.4 is 5.32 Å². The predicted molar refractivity (Wildman–Crippen MR) is 77.1 cm³/mol. The smallest absolute Gasteiger partial charge is 0.416 e. The van der Waals surface area contributed by atoms with Crippen LogP contribution >= 0.6 is 0 Å². The topological polar surface area (TPSA) is 38.3 Å². The Kier molecular flexibility index (Phi) is 4.70. The first-order chi connectivity index (χ1) is 10.4. The number of anilines is 2. The van der Waals surface area contributed by atoms with Crippen LogP contribution in [0.15, 0.2) is 48.5 Å². The average Bonchev–Trinajstić information content (AvgIpc) is 2.47. The summed E-state index contributed by atoms with van der Waals surface area (Å²) >= 11 is 0. The van der Waals surface area contributed by atoms with E-state index in [-0.39, 0.29) is 17.9 Å². The average molecular weight is 309 g/mol. The van der Waals surface area contributed by atoms with E-state index in [0.717, 1.165) is 12.1 Å². The number of carbonyl (C=O) groups is 1. The Bertz CT molecular complexity index is 668. The summed E-state index contributed by atoms with van der Waals surface area (Å²) in [6, 6.07) is 11.3. The zero-order valence-corrected chi connectivity index (χ0v) is 11.8. The SMILES string of the molecule is CCOC(=O)c1ccccc1Nc1cccc(C(F)(F)F)c1. The van der Waals surface area contributed by atoms with Gasteiger partial charge in [0.1, 0.15) is 0 Å². The number of esters is 1. The third-order valence-corrected chi connectivity index (χ3v) is 2.89. The van der Waals surface area contributed by atoms with Gasteiger partial charge in [0.2, 0.25) is 0 Å². The van der Waals surface area contributed by atoms with Crippen molar-refractivity contribution in [1.82, 2.24) is 0 Å². The summed E-state index contributed by atoms with van der Waals surface area (Å²) in [6.07, 6.45) is -4.42. The molecule has 0 aromatic heterocycles. The van der Waals surface area contributed by atoms with Gasteiger partial charge < -0.3 is 10.1 Å². The minimum Gasteiger partial charge on any atom is -0.462 e. The lowest BCUT2D eigenvalue weighted by atomic mass is 10.1. The normalized spacial score (nSPS) is 11.1. The van der Waals surface area contributed by atoms with Crippen LogP contribution in [0.3, 0.4) is 0 Å². The molecular formula is C16H14F3NO2. The molecule has 0 aliphatic carbocycles. The molecule has 0 saturated heterocycles. The van der Waals surface area contributed by atoms with E-state index in [1.165, 1.54) is 12.1 Å². The monoisotopic (exact) mass is 309 g/mol. The Hall–Kier alpha value is -2.50. The highest BCUT2D eigenvalue weighted by Crippen LogP contribution is 2.31. The lowest BCUT2D eigenvalue weighted by Crippen LogP contribution is -2.08. The first-order valence-corrected chi connectivity index (χ1v) is 6.62. The van der Waals surface area contributed by atoms with Crippen LogP contribution in [0.25, 0.3) is 0 Å². The molecule has 0 bridgehead atoms. The van der Waals surface area contributed by atoms with E-state index in [1.54, 1.807) is 31.2 Å². The molecule has 0 fully saturated rings. The Morgan fingerprint density at radius 2 is 1.86 bits per heavy atom.